The normalized spacial score (nSPS) is 28.6. The maximum Gasteiger partial charge on any atom is 0.286 e. The van der Waals surface area contributed by atoms with Gasteiger partial charge in [0.15, 0.2) is 15.7 Å². The van der Waals surface area contributed by atoms with Crippen LogP contribution < -0.4 is 5.32 Å². The number of carbonyl (C=O) groups is 1. The number of aliphatic hydroxyl groups excluding tert-OH is 1. The maximum atomic E-state index is 13.8. The fraction of sp³-hybridized carbons (Fsp3) is 0.520. The first-order valence-corrected chi connectivity index (χ1v) is 15.5. The summed E-state index contributed by atoms with van der Waals surface area (Å²) < 4.78 is 53.5. The van der Waals surface area contributed by atoms with Gasteiger partial charge in [-0.15, -0.1) is 4.40 Å². The lowest BCUT2D eigenvalue weighted by atomic mass is 9.80. The van der Waals surface area contributed by atoms with Gasteiger partial charge in [0.05, 0.1) is 11.4 Å². The van der Waals surface area contributed by atoms with Gasteiger partial charge in [0.2, 0.25) is 0 Å². The molecule has 9 nitrogen and oxygen atoms in total. The average molecular weight is 534 g/mol. The standard InChI is InChI=1S/C25H31N3O6S2/c1-25(2,3)9-10-28-21-16-7-6-15(12-16)19(21)22(29)20(24(28)30)23-26-17-8-5-14(13-35(4,31)32)11-18(17)36(33,34)27-23/h5-8,11,15-16,19,21,29H,9-10,12-13H2,1-4H3,(H,26,27). The second kappa shape index (κ2) is 8.17. The molecule has 36 heavy (non-hydrogen) atoms. The average Bonchev–Trinajstić information content (AvgIpc) is 3.34. The third kappa shape index (κ3) is 4.36. The van der Waals surface area contributed by atoms with Gasteiger partial charge in [-0.2, -0.15) is 8.42 Å². The maximum absolute atomic E-state index is 13.8. The van der Waals surface area contributed by atoms with Crippen molar-refractivity contribution in [1.82, 2.24) is 4.90 Å². The summed E-state index contributed by atoms with van der Waals surface area (Å²) in [4.78, 5) is 15.4. The summed E-state index contributed by atoms with van der Waals surface area (Å²) in [6.45, 7) is 6.79. The third-order valence-corrected chi connectivity index (χ3v) is 9.56. The molecule has 2 heterocycles. The number of aliphatic hydroxyl groups is 1. The molecule has 2 N–H and O–H groups in total. The third-order valence-electron chi connectivity index (χ3n) is 7.38. The van der Waals surface area contributed by atoms with E-state index in [1.165, 1.54) is 18.2 Å². The molecule has 2 bridgehead atoms. The SMILES string of the molecule is CC(C)(C)CCN1C(=O)C(C2=NS(=O)(=O)c3cc(CS(C)(=O)=O)ccc3N2)=C(O)C2C3C=CC(C3)C21. The van der Waals surface area contributed by atoms with E-state index in [0.29, 0.717) is 12.1 Å². The van der Waals surface area contributed by atoms with E-state index < -0.39 is 25.8 Å². The number of rotatable bonds is 5. The number of amidine groups is 1. The molecular formula is C25H31N3O6S2. The van der Waals surface area contributed by atoms with Crippen molar-refractivity contribution in [1.29, 1.82) is 0 Å². The lowest BCUT2D eigenvalue weighted by molar-refractivity contribution is -0.132. The fourth-order valence-corrected chi connectivity index (χ4v) is 7.73. The smallest absolute Gasteiger partial charge is 0.286 e. The molecule has 5 rings (SSSR count). The Kier molecular flexibility index (Phi) is 5.68. The predicted molar refractivity (Wildman–Crippen MR) is 137 cm³/mol. The topological polar surface area (TPSA) is 133 Å². The molecular weight excluding hydrogens is 502 g/mol. The van der Waals surface area contributed by atoms with Crippen molar-refractivity contribution >= 4 is 37.3 Å². The number of nitrogens with zero attached hydrogens (tertiary/aromatic N) is 2. The van der Waals surface area contributed by atoms with Gasteiger partial charge in [-0.25, -0.2) is 8.42 Å². The van der Waals surface area contributed by atoms with Crippen molar-refractivity contribution in [2.45, 2.75) is 50.3 Å². The van der Waals surface area contributed by atoms with Crippen LogP contribution in [0.25, 0.3) is 0 Å². The van der Waals surface area contributed by atoms with Crippen molar-refractivity contribution in [3.8, 4) is 0 Å². The van der Waals surface area contributed by atoms with Crippen LogP contribution in [-0.2, 0) is 30.4 Å². The Morgan fingerprint density at radius 1 is 1.19 bits per heavy atom. The Balaban J connectivity index is 1.56. The highest BCUT2D eigenvalue weighted by Gasteiger charge is 2.55. The molecule has 1 aromatic rings. The Hall–Kier alpha value is -2.66. The minimum absolute atomic E-state index is 0.0147. The monoisotopic (exact) mass is 533 g/mol. The summed E-state index contributed by atoms with van der Waals surface area (Å²) in [7, 11) is -7.62. The van der Waals surface area contributed by atoms with Crippen LogP contribution in [0.2, 0.25) is 0 Å². The van der Waals surface area contributed by atoms with Gasteiger partial charge in [-0.05, 0) is 47.8 Å². The molecule has 2 aliphatic heterocycles. The van der Waals surface area contributed by atoms with E-state index >= 15 is 0 Å². The molecule has 194 valence electrons. The van der Waals surface area contributed by atoms with Gasteiger partial charge in [0.25, 0.3) is 15.9 Å². The number of benzene rings is 1. The highest BCUT2D eigenvalue weighted by molar-refractivity contribution is 7.90. The summed E-state index contributed by atoms with van der Waals surface area (Å²) in [5, 5.41) is 14.3. The van der Waals surface area contributed by atoms with Gasteiger partial charge in [-0.1, -0.05) is 39.0 Å². The zero-order valence-electron chi connectivity index (χ0n) is 20.7. The summed E-state index contributed by atoms with van der Waals surface area (Å²) in [6, 6.07) is 4.11. The second-order valence-corrected chi connectivity index (χ2v) is 15.2. The van der Waals surface area contributed by atoms with E-state index in [1.54, 1.807) is 4.90 Å². The van der Waals surface area contributed by atoms with Crippen molar-refractivity contribution in [3.63, 3.8) is 0 Å². The van der Waals surface area contributed by atoms with Crippen LogP contribution in [0.1, 0.15) is 39.2 Å². The zero-order chi connectivity index (χ0) is 26.2. The first-order chi connectivity index (χ1) is 16.6. The van der Waals surface area contributed by atoms with E-state index in [1.807, 2.05) is 0 Å². The van der Waals surface area contributed by atoms with Crippen LogP contribution in [0.4, 0.5) is 5.69 Å². The summed E-state index contributed by atoms with van der Waals surface area (Å²) in [6.07, 6.45) is 6.86. The number of sulfonamides is 1. The number of anilines is 1. The summed E-state index contributed by atoms with van der Waals surface area (Å²) in [5.74, 6) is -1.13. The van der Waals surface area contributed by atoms with Gasteiger partial charge in [0.1, 0.15) is 16.2 Å². The van der Waals surface area contributed by atoms with E-state index in [-0.39, 0.29) is 62.7 Å². The van der Waals surface area contributed by atoms with E-state index in [0.717, 1.165) is 19.1 Å². The molecule has 0 radical (unpaired) electrons. The van der Waals surface area contributed by atoms with E-state index in [4.69, 9.17) is 0 Å². The molecule has 0 spiro atoms. The first-order valence-electron chi connectivity index (χ1n) is 12.0. The molecule has 2 aliphatic carbocycles. The summed E-state index contributed by atoms with van der Waals surface area (Å²) >= 11 is 0. The number of allylic oxidation sites excluding steroid dienone is 1. The molecule has 0 aromatic heterocycles. The Labute approximate surface area is 212 Å². The van der Waals surface area contributed by atoms with Crippen LogP contribution in [-0.4, -0.2) is 57.4 Å². The highest BCUT2D eigenvalue weighted by Crippen LogP contribution is 2.52. The van der Waals surface area contributed by atoms with Gasteiger partial charge in [-0.3, -0.25) is 4.79 Å². The molecule has 4 atom stereocenters. The zero-order valence-corrected chi connectivity index (χ0v) is 22.4. The largest absolute Gasteiger partial charge is 0.511 e. The molecule has 1 saturated carbocycles. The first kappa shape index (κ1) is 25.0. The molecule has 1 amide bonds. The van der Waals surface area contributed by atoms with Crippen LogP contribution in [0.15, 0.2) is 51.0 Å². The number of hydrogen-bond donors (Lipinski definition) is 2. The number of hydrogen-bond acceptors (Lipinski definition) is 7. The quantitative estimate of drug-likeness (QED) is 0.556. The number of sulfone groups is 1. The molecule has 11 heteroatoms. The molecule has 4 aliphatic rings. The number of carbonyl (C=O) groups excluding carboxylic acids is 1. The van der Waals surface area contributed by atoms with Crippen LogP contribution in [0, 0.1) is 23.2 Å². The molecule has 4 unspecified atom stereocenters. The van der Waals surface area contributed by atoms with Crippen LogP contribution in [0.3, 0.4) is 0 Å². The van der Waals surface area contributed by atoms with Gasteiger partial charge < -0.3 is 15.3 Å². The van der Waals surface area contributed by atoms with Crippen molar-refractivity contribution < 1.29 is 26.7 Å². The Bertz CT molecular complexity index is 1450. The minimum Gasteiger partial charge on any atom is -0.511 e. The van der Waals surface area contributed by atoms with Crippen molar-refractivity contribution in [3.05, 3.63) is 47.2 Å². The number of fused-ring (bicyclic) bond motifs is 6. The van der Waals surface area contributed by atoms with Crippen LogP contribution in [0.5, 0.6) is 0 Å². The fourth-order valence-electron chi connectivity index (χ4n) is 5.77. The minimum atomic E-state index is -4.25. The number of nitrogens with one attached hydrogen (secondary N) is 1. The molecule has 1 aromatic carbocycles. The lowest BCUT2D eigenvalue weighted by Gasteiger charge is -2.43. The van der Waals surface area contributed by atoms with Crippen molar-refractivity contribution in [2.75, 3.05) is 18.1 Å². The van der Waals surface area contributed by atoms with Crippen molar-refractivity contribution in [2.24, 2.45) is 27.6 Å². The highest BCUT2D eigenvalue weighted by atomic mass is 32.2. The second-order valence-electron chi connectivity index (χ2n) is 11.5. The Morgan fingerprint density at radius 3 is 2.56 bits per heavy atom. The molecule has 0 saturated heterocycles. The van der Waals surface area contributed by atoms with Gasteiger partial charge in [0, 0.05) is 24.8 Å². The van der Waals surface area contributed by atoms with E-state index in [9.17, 15) is 26.7 Å². The van der Waals surface area contributed by atoms with Gasteiger partial charge >= 0.3 is 0 Å². The number of amides is 1. The van der Waals surface area contributed by atoms with Crippen LogP contribution >= 0.6 is 0 Å². The lowest BCUT2D eigenvalue weighted by Crippen LogP contribution is -2.54. The Morgan fingerprint density at radius 2 is 1.89 bits per heavy atom. The van der Waals surface area contributed by atoms with E-state index in [2.05, 4.69) is 42.6 Å². The molecule has 1 fully saturated rings. The predicted octanol–water partition coefficient (Wildman–Crippen LogP) is 3.03. The summed E-state index contributed by atoms with van der Waals surface area (Å²) in [5.41, 5.74) is 0.377.